The summed E-state index contributed by atoms with van der Waals surface area (Å²) in [7, 11) is 1.65. The van der Waals surface area contributed by atoms with Gasteiger partial charge in [-0.05, 0) is 113 Å². The highest BCUT2D eigenvalue weighted by molar-refractivity contribution is 5.86. The van der Waals surface area contributed by atoms with Crippen molar-refractivity contribution in [1.82, 2.24) is 4.90 Å². The molecule has 11 nitrogen and oxygen atoms in total. The molecule has 1 aliphatic carbocycles. The number of esters is 1. The lowest BCUT2D eigenvalue weighted by Crippen LogP contribution is -2.55. The number of carbonyl (C=O) groups excluding carboxylic acids is 4. The zero-order valence-electron chi connectivity index (χ0n) is 37.9. The Morgan fingerprint density at radius 2 is 1.58 bits per heavy atom. The zero-order valence-corrected chi connectivity index (χ0v) is 37.9. The van der Waals surface area contributed by atoms with Gasteiger partial charge in [0, 0.05) is 50.7 Å². The van der Waals surface area contributed by atoms with E-state index < -0.39 is 35.9 Å². The molecule has 3 N–H and O–H groups in total. The number of nitrogens with zero attached hydrogens (tertiary/aromatic N) is 1. The predicted octanol–water partition coefficient (Wildman–Crippen LogP) is 7.75. The minimum atomic E-state index is -1.72. The highest BCUT2D eigenvalue weighted by Crippen LogP contribution is 2.38. The van der Waals surface area contributed by atoms with Gasteiger partial charge in [0.05, 0.1) is 30.8 Å². The van der Waals surface area contributed by atoms with Crippen LogP contribution < -0.4 is 0 Å². The maximum absolute atomic E-state index is 14.2. The van der Waals surface area contributed by atoms with Gasteiger partial charge in [0.15, 0.2) is 5.79 Å². The van der Waals surface area contributed by atoms with Crippen molar-refractivity contribution in [2.45, 2.75) is 187 Å². The lowest BCUT2D eigenvalue weighted by Gasteiger charge is -2.44. The number of hydrogen-bond donors (Lipinski definition) is 3. The summed E-state index contributed by atoms with van der Waals surface area (Å²) in [5.74, 6) is -3.75. The molecule has 0 aromatic rings. The fraction of sp³-hybridized carbons (Fsp3) is 0.755. The SMILES string of the molecule is CO[C@H]1C[C@@H]2CC[C@@H](C)[C@](O)(CC(=O)N3CCCC[C@H]3C(=O)O[C@H]([C@H](C)CC3CCC(O)CC3)CC(=O)[C@H](C)/C=C(\C)[C@@H](O)CC(=O)[C@H](C)C[C@H](C)/C=C/C=C/C=C/1C)O2. The first-order chi connectivity index (χ1) is 28.4. The third-order valence-corrected chi connectivity index (χ3v) is 13.9. The Bertz CT molecular complexity index is 1560. The average molecular weight is 840 g/mol. The first-order valence-electron chi connectivity index (χ1n) is 22.9. The van der Waals surface area contributed by atoms with E-state index in [2.05, 4.69) is 13.0 Å². The summed E-state index contributed by atoms with van der Waals surface area (Å²) in [6.45, 7) is 13.7. The highest BCUT2D eigenvalue weighted by atomic mass is 16.6. The predicted molar refractivity (Wildman–Crippen MR) is 232 cm³/mol. The van der Waals surface area contributed by atoms with Crippen LogP contribution in [0.1, 0.15) is 145 Å². The number of cyclic esters (lactones) is 1. The molecule has 3 fully saturated rings. The van der Waals surface area contributed by atoms with Crippen molar-refractivity contribution in [2.24, 2.45) is 35.5 Å². The van der Waals surface area contributed by atoms with E-state index in [1.54, 1.807) is 27.0 Å². The van der Waals surface area contributed by atoms with E-state index in [-0.39, 0.29) is 78.7 Å². The van der Waals surface area contributed by atoms with Crippen molar-refractivity contribution in [2.75, 3.05) is 13.7 Å². The van der Waals surface area contributed by atoms with E-state index in [0.29, 0.717) is 56.6 Å². The molecule has 0 spiro atoms. The van der Waals surface area contributed by atoms with Gasteiger partial charge in [0.1, 0.15) is 23.7 Å². The Kier molecular flexibility index (Phi) is 19.4. The summed E-state index contributed by atoms with van der Waals surface area (Å²) < 4.78 is 18.6. The molecule has 2 saturated heterocycles. The molecule has 3 heterocycles. The fourth-order valence-electron chi connectivity index (χ4n) is 9.59. The van der Waals surface area contributed by atoms with Crippen LogP contribution in [0.2, 0.25) is 0 Å². The number of ether oxygens (including phenoxy) is 3. The second kappa shape index (κ2) is 23.5. The van der Waals surface area contributed by atoms with Crippen LogP contribution in [0.3, 0.4) is 0 Å². The Labute approximate surface area is 360 Å². The number of ketones is 2. The Morgan fingerprint density at radius 1 is 0.867 bits per heavy atom. The van der Waals surface area contributed by atoms with Crippen LogP contribution in [0.25, 0.3) is 0 Å². The first-order valence-corrected chi connectivity index (χ1v) is 22.9. The number of rotatable bonds is 4. The smallest absolute Gasteiger partial charge is 0.329 e. The Morgan fingerprint density at radius 3 is 2.28 bits per heavy atom. The summed E-state index contributed by atoms with van der Waals surface area (Å²) in [5.41, 5.74) is 1.53. The summed E-state index contributed by atoms with van der Waals surface area (Å²) in [6.07, 6.45) is 16.7. The number of methoxy groups -OCH3 is 1. The van der Waals surface area contributed by atoms with Gasteiger partial charge in [-0.1, -0.05) is 71.1 Å². The van der Waals surface area contributed by atoms with E-state index in [9.17, 15) is 34.5 Å². The van der Waals surface area contributed by atoms with Gasteiger partial charge in [0.25, 0.3) is 0 Å². The van der Waals surface area contributed by atoms with Crippen LogP contribution in [0.15, 0.2) is 47.6 Å². The molecule has 1 saturated carbocycles. The molecule has 2 bridgehead atoms. The Hall–Kier alpha value is -2.96. The quantitative estimate of drug-likeness (QED) is 0.189. The van der Waals surface area contributed by atoms with Crippen LogP contribution in [-0.4, -0.2) is 99.7 Å². The molecular weight excluding hydrogens is 763 g/mol. The van der Waals surface area contributed by atoms with Gasteiger partial charge in [-0.25, -0.2) is 4.79 Å². The number of allylic oxidation sites excluding steroid dienone is 6. The lowest BCUT2D eigenvalue weighted by atomic mass is 9.79. The molecule has 0 aromatic carbocycles. The van der Waals surface area contributed by atoms with E-state index in [1.807, 2.05) is 52.0 Å². The average Bonchev–Trinajstić information content (AvgIpc) is 3.20. The van der Waals surface area contributed by atoms with Gasteiger partial charge in [-0.2, -0.15) is 0 Å². The monoisotopic (exact) mass is 840 g/mol. The van der Waals surface area contributed by atoms with E-state index in [4.69, 9.17) is 14.2 Å². The highest BCUT2D eigenvalue weighted by Gasteiger charge is 2.46. The van der Waals surface area contributed by atoms with E-state index in [1.165, 1.54) is 4.90 Å². The third-order valence-electron chi connectivity index (χ3n) is 13.9. The van der Waals surface area contributed by atoms with Crippen molar-refractivity contribution in [3.63, 3.8) is 0 Å². The van der Waals surface area contributed by atoms with Gasteiger partial charge in [-0.15, -0.1) is 0 Å². The summed E-state index contributed by atoms with van der Waals surface area (Å²) in [5, 5.41) is 33.2. The minimum Gasteiger partial charge on any atom is -0.460 e. The number of aliphatic hydroxyl groups is 3. The van der Waals surface area contributed by atoms with Gasteiger partial charge < -0.3 is 34.4 Å². The standard InChI is InChI=1S/C49H77NO10/c1-31-14-10-9-11-15-32(2)45(58-8)27-40-22-17-37(7)49(57,60-40)30-47(55)50-23-13-12-16-41(50)48(56)59-46(36(6)26-38-18-20-39(51)21-19-38)29-44(54)35(5)25-34(4)43(53)28-42(52)33(3)24-31/h9-11,14-15,25,31,33,35-41,43,45-46,51,53,57H,12-13,16-24,26-30H2,1-8H3/b11-9+,14-10+,32-15+,34-25+/t31-,33-,35-,36-,37-,38?,39?,40+,41+,43+,45+,46+,49+/m1/s1. The van der Waals surface area contributed by atoms with Crippen molar-refractivity contribution < 1.29 is 48.7 Å². The van der Waals surface area contributed by atoms with Crippen LogP contribution in [0.5, 0.6) is 0 Å². The zero-order chi connectivity index (χ0) is 44.1. The first kappa shape index (κ1) is 49.7. The topological polar surface area (TPSA) is 160 Å². The maximum atomic E-state index is 14.2. The van der Waals surface area contributed by atoms with Crippen LogP contribution in [0.4, 0.5) is 0 Å². The molecule has 0 radical (unpaired) electrons. The number of carbonyl (C=O) groups is 4. The van der Waals surface area contributed by atoms with Gasteiger partial charge in [0.2, 0.25) is 5.91 Å². The molecular formula is C49H77NO10. The molecule has 4 rings (SSSR count). The molecule has 11 atom stereocenters. The van der Waals surface area contributed by atoms with Crippen molar-refractivity contribution in [1.29, 1.82) is 0 Å². The third kappa shape index (κ3) is 14.6. The number of Topliss-reactive ketones (excluding diaryl/α,β-unsaturated/α-hetero) is 2. The van der Waals surface area contributed by atoms with Crippen LogP contribution in [0, 0.1) is 35.5 Å². The number of amides is 1. The molecule has 0 unspecified atom stereocenters. The van der Waals surface area contributed by atoms with Crippen LogP contribution >= 0.6 is 0 Å². The summed E-state index contributed by atoms with van der Waals surface area (Å²) >= 11 is 0. The maximum Gasteiger partial charge on any atom is 0.329 e. The molecule has 338 valence electrons. The fourth-order valence-corrected chi connectivity index (χ4v) is 9.59. The van der Waals surface area contributed by atoms with Crippen LogP contribution in [-0.2, 0) is 33.4 Å². The lowest BCUT2D eigenvalue weighted by molar-refractivity contribution is -0.284. The molecule has 60 heavy (non-hydrogen) atoms. The Balaban J connectivity index is 1.63. The molecule has 0 aromatic heterocycles. The van der Waals surface area contributed by atoms with E-state index >= 15 is 0 Å². The molecule has 3 aliphatic heterocycles. The summed E-state index contributed by atoms with van der Waals surface area (Å²) in [4.78, 5) is 57.1. The van der Waals surface area contributed by atoms with Crippen molar-refractivity contribution in [3.05, 3.63) is 47.6 Å². The van der Waals surface area contributed by atoms with Gasteiger partial charge >= 0.3 is 5.97 Å². The number of aliphatic hydroxyl groups excluding tert-OH is 2. The number of hydrogen-bond acceptors (Lipinski definition) is 10. The largest absolute Gasteiger partial charge is 0.460 e. The normalized spacial score (nSPS) is 40.2. The molecule has 11 heteroatoms. The van der Waals surface area contributed by atoms with Gasteiger partial charge in [-0.3, -0.25) is 14.4 Å². The van der Waals surface area contributed by atoms with E-state index in [0.717, 1.165) is 44.1 Å². The molecule has 4 aliphatic rings. The summed E-state index contributed by atoms with van der Waals surface area (Å²) in [6, 6.07) is -0.860. The second-order valence-corrected chi connectivity index (χ2v) is 19.0. The number of piperidine rings is 1. The second-order valence-electron chi connectivity index (χ2n) is 19.0. The number of fused-ring (bicyclic) bond motifs is 3. The van der Waals surface area contributed by atoms with Crippen molar-refractivity contribution >= 4 is 23.4 Å². The van der Waals surface area contributed by atoms with Crippen molar-refractivity contribution in [3.8, 4) is 0 Å². The minimum absolute atomic E-state index is 0.0376. The molecule has 1 amide bonds.